The number of para-hydroxylation sites is 1. The number of nitrogens with zero attached hydrogens (tertiary/aromatic N) is 1. The summed E-state index contributed by atoms with van der Waals surface area (Å²) in [5.74, 6) is 1.43. The van der Waals surface area contributed by atoms with Crippen molar-refractivity contribution in [3.63, 3.8) is 0 Å². The van der Waals surface area contributed by atoms with Crippen LogP contribution in [0.15, 0.2) is 53.3 Å². The van der Waals surface area contributed by atoms with Gasteiger partial charge < -0.3 is 15.5 Å². The Balaban J connectivity index is 2.04. The second-order valence-corrected chi connectivity index (χ2v) is 5.88. The van der Waals surface area contributed by atoms with Crippen LogP contribution in [0.3, 0.4) is 0 Å². The number of aromatic amines is 1. The van der Waals surface area contributed by atoms with Crippen LogP contribution in [-0.2, 0) is 5.54 Å². The van der Waals surface area contributed by atoms with E-state index in [1.54, 1.807) is 4.57 Å². The van der Waals surface area contributed by atoms with E-state index in [2.05, 4.69) is 4.98 Å². The monoisotopic (exact) mass is 297 g/mol. The number of fused-ring (bicyclic) bond motifs is 1. The van der Waals surface area contributed by atoms with Crippen molar-refractivity contribution >= 4 is 11.0 Å². The van der Waals surface area contributed by atoms with Gasteiger partial charge in [-0.2, -0.15) is 0 Å². The largest absolute Gasteiger partial charge is 0.457 e. The summed E-state index contributed by atoms with van der Waals surface area (Å²) >= 11 is 0. The number of rotatable bonds is 4. The molecule has 0 aliphatic heterocycles. The van der Waals surface area contributed by atoms with E-state index in [4.69, 9.17) is 10.5 Å². The SMILES string of the molecule is CC(C)(CN)n1c(=O)[nH]c2cc(Oc3ccccc3)ccc21. The number of nitrogens with two attached hydrogens (primary N) is 1. The Labute approximate surface area is 128 Å². The van der Waals surface area contributed by atoms with Crippen LogP contribution in [0.4, 0.5) is 0 Å². The van der Waals surface area contributed by atoms with Crippen LogP contribution in [0.2, 0.25) is 0 Å². The van der Waals surface area contributed by atoms with Gasteiger partial charge >= 0.3 is 5.69 Å². The normalized spacial score (nSPS) is 11.8. The fourth-order valence-electron chi connectivity index (χ4n) is 2.47. The minimum atomic E-state index is -0.447. The molecule has 22 heavy (non-hydrogen) atoms. The molecule has 0 radical (unpaired) electrons. The molecule has 0 spiro atoms. The van der Waals surface area contributed by atoms with Crippen molar-refractivity contribution in [2.24, 2.45) is 5.73 Å². The number of H-pyrrole nitrogens is 1. The zero-order valence-corrected chi connectivity index (χ0v) is 12.7. The average Bonchev–Trinajstić information content (AvgIpc) is 2.84. The summed E-state index contributed by atoms with van der Waals surface area (Å²) in [6, 6.07) is 15.1. The maximum Gasteiger partial charge on any atom is 0.327 e. The summed E-state index contributed by atoms with van der Waals surface area (Å²) in [6.45, 7) is 4.26. The van der Waals surface area contributed by atoms with Gasteiger partial charge in [0.1, 0.15) is 11.5 Å². The molecule has 0 bridgehead atoms. The van der Waals surface area contributed by atoms with E-state index >= 15 is 0 Å². The van der Waals surface area contributed by atoms with Gasteiger partial charge in [-0.25, -0.2) is 4.79 Å². The van der Waals surface area contributed by atoms with Crippen molar-refractivity contribution in [2.45, 2.75) is 19.4 Å². The molecule has 1 aromatic heterocycles. The molecular formula is C17H19N3O2. The summed E-state index contributed by atoms with van der Waals surface area (Å²) in [5.41, 5.74) is 6.74. The molecule has 1 heterocycles. The molecule has 0 saturated carbocycles. The molecule has 3 aromatic rings. The van der Waals surface area contributed by atoms with Crippen molar-refractivity contribution < 1.29 is 4.74 Å². The quantitative estimate of drug-likeness (QED) is 0.777. The topological polar surface area (TPSA) is 73.0 Å². The lowest BCUT2D eigenvalue weighted by molar-refractivity contribution is 0.367. The Morgan fingerprint density at radius 3 is 2.55 bits per heavy atom. The van der Waals surface area contributed by atoms with Gasteiger partial charge in [0.25, 0.3) is 0 Å². The summed E-state index contributed by atoms with van der Waals surface area (Å²) < 4.78 is 7.48. The number of benzene rings is 2. The zero-order valence-electron chi connectivity index (χ0n) is 12.7. The van der Waals surface area contributed by atoms with Crippen LogP contribution in [0.25, 0.3) is 11.0 Å². The molecule has 0 saturated heterocycles. The Bertz CT molecular complexity index is 847. The van der Waals surface area contributed by atoms with Gasteiger partial charge in [-0.15, -0.1) is 0 Å². The number of aromatic nitrogens is 2. The fraction of sp³-hybridized carbons (Fsp3) is 0.235. The van der Waals surface area contributed by atoms with Crippen molar-refractivity contribution in [1.29, 1.82) is 0 Å². The summed E-state index contributed by atoms with van der Waals surface area (Å²) in [6.07, 6.45) is 0. The number of hydrogen-bond donors (Lipinski definition) is 2. The molecule has 0 aliphatic rings. The Morgan fingerprint density at radius 1 is 1.14 bits per heavy atom. The number of imidazole rings is 1. The fourth-order valence-corrected chi connectivity index (χ4v) is 2.47. The molecule has 5 heteroatoms. The van der Waals surface area contributed by atoms with Crippen LogP contribution >= 0.6 is 0 Å². The molecule has 114 valence electrons. The van der Waals surface area contributed by atoms with Crippen LogP contribution in [0.1, 0.15) is 13.8 Å². The zero-order chi connectivity index (χ0) is 15.7. The van der Waals surface area contributed by atoms with Crippen molar-refractivity contribution in [3.8, 4) is 11.5 Å². The molecule has 0 amide bonds. The summed E-state index contributed by atoms with van der Waals surface area (Å²) in [4.78, 5) is 15.1. The van der Waals surface area contributed by atoms with Gasteiger partial charge in [-0.05, 0) is 38.1 Å². The Morgan fingerprint density at radius 2 is 1.86 bits per heavy atom. The third kappa shape index (κ3) is 2.51. The highest BCUT2D eigenvalue weighted by molar-refractivity contribution is 5.77. The van der Waals surface area contributed by atoms with E-state index in [-0.39, 0.29) is 5.69 Å². The van der Waals surface area contributed by atoms with Crippen molar-refractivity contribution in [1.82, 2.24) is 9.55 Å². The van der Waals surface area contributed by atoms with Crippen LogP contribution < -0.4 is 16.2 Å². The predicted molar refractivity (Wildman–Crippen MR) is 87.5 cm³/mol. The predicted octanol–water partition coefficient (Wildman–Crippen LogP) is 2.82. The van der Waals surface area contributed by atoms with Gasteiger partial charge in [-0.1, -0.05) is 18.2 Å². The van der Waals surface area contributed by atoms with E-state index in [0.29, 0.717) is 12.3 Å². The van der Waals surface area contributed by atoms with E-state index in [1.165, 1.54) is 0 Å². The first-order valence-corrected chi connectivity index (χ1v) is 7.19. The summed E-state index contributed by atoms with van der Waals surface area (Å²) in [7, 11) is 0. The van der Waals surface area contributed by atoms with Crippen molar-refractivity contribution in [2.75, 3.05) is 6.54 Å². The average molecular weight is 297 g/mol. The van der Waals surface area contributed by atoms with E-state index in [9.17, 15) is 4.79 Å². The van der Waals surface area contributed by atoms with Crippen LogP contribution in [0, 0.1) is 0 Å². The minimum absolute atomic E-state index is 0.165. The van der Waals surface area contributed by atoms with Crippen molar-refractivity contribution in [3.05, 3.63) is 59.0 Å². The molecule has 0 atom stereocenters. The summed E-state index contributed by atoms with van der Waals surface area (Å²) in [5, 5.41) is 0. The Kier molecular flexibility index (Phi) is 3.50. The van der Waals surface area contributed by atoms with Gasteiger partial charge in [0, 0.05) is 12.6 Å². The first-order chi connectivity index (χ1) is 10.5. The molecule has 0 aliphatic carbocycles. The third-order valence-corrected chi connectivity index (χ3v) is 3.74. The molecule has 3 rings (SSSR count). The van der Waals surface area contributed by atoms with Gasteiger partial charge in [0.05, 0.1) is 16.6 Å². The number of ether oxygens (including phenoxy) is 1. The maximum atomic E-state index is 12.2. The standard InChI is InChI=1S/C17H19N3O2/c1-17(2,11-18)20-15-9-8-13(10-14(15)19-16(20)21)22-12-6-4-3-5-7-12/h3-10H,11,18H2,1-2H3,(H,19,21). The first-order valence-electron chi connectivity index (χ1n) is 7.19. The molecular weight excluding hydrogens is 278 g/mol. The molecule has 0 unspecified atom stereocenters. The van der Waals surface area contributed by atoms with Crippen LogP contribution in [0.5, 0.6) is 11.5 Å². The lowest BCUT2D eigenvalue weighted by Crippen LogP contribution is -2.40. The lowest BCUT2D eigenvalue weighted by atomic mass is 10.1. The smallest absolute Gasteiger partial charge is 0.327 e. The van der Waals surface area contributed by atoms with Gasteiger partial charge in [0.2, 0.25) is 0 Å². The highest BCUT2D eigenvalue weighted by Crippen LogP contribution is 2.26. The van der Waals surface area contributed by atoms with E-state index in [1.807, 2.05) is 62.4 Å². The number of nitrogens with one attached hydrogen (secondary N) is 1. The molecule has 3 N–H and O–H groups in total. The first kappa shape index (κ1) is 14.4. The molecule has 2 aromatic carbocycles. The lowest BCUT2D eigenvalue weighted by Gasteiger charge is -2.24. The minimum Gasteiger partial charge on any atom is -0.457 e. The maximum absolute atomic E-state index is 12.2. The van der Waals surface area contributed by atoms with Crippen LogP contribution in [-0.4, -0.2) is 16.1 Å². The number of hydrogen-bond acceptors (Lipinski definition) is 3. The van der Waals surface area contributed by atoms with E-state index in [0.717, 1.165) is 16.8 Å². The Hall–Kier alpha value is -2.53. The van der Waals surface area contributed by atoms with Gasteiger partial charge in [-0.3, -0.25) is 4.57 Å². The molecule has 5 nitrogen and oxygen atoms in total. The third-order valence-electron chi connectivity index (χ3n) is 3.74. The van der Waals surface area contributed by atoms with Gasteiger partial charge in [0.15, 0.2) is 0 Å². The highest BCUT2D eigenvalue weighted by atomic mass is 16.5. The second-order valence-electron chi connectivity index (χ2n) is 5.88. The highest BCUT2D eigenvalue weighted by Gasteiger charge is 2.23. The van der Waals surface area contributed by atoms with E-state index < -0.39 is 5.54 Å². The second kappa shape index (κ2) is 5.35. The molecule has 0 fully saturated rings.